The van der Waals surface area contributed by atoms with Crippen molar-refractivity contribution in [3.05, 3.63) is 72.5 Å². The quantitative estimate of drug-likeness (QED) is 0.0997. The summed E-state index contributed by atoms with van der Waals surface area (Å²) >= 11 is 1.59. The number of hydrogen-bond donors (Lipinski definition) is 7. The molecule has 3 fully saturated rings. The van der Waals surface area contributed by atoms with Crippen molar-refractivity contribution in [2.75, 3.05) is 13.2 Å². The van der Waals surface area contributed by atoms with Gasteiger partial charge in [0.1, 0.15) is 59.5 Å². The van der Waals surface area contributed by atoms with E-state index in [2.05, 4.69) is 54.9 Å². The van der Waals surface area contributed by atoms with Gasteiger partial charge in [-0.1, -0.05) is 47.4 Å². The molecule has 19 nitrogen and oxygen atoms in total. The Bertz CT molecular complexity index is 1770. The first-order valence-electron chi connectivity index (χ1n) is 25.3. The molecule has 7 N–H and O–H groups in total. The monoisotopic (exact) mass is 1030 g/mol. The average Bonchev–Trinajstić information content (AvgIpc) is 3.87. The fourth-order valence-electron chi connectivity index (χ4n) is 8.61. The van der Waals surface area contributed by atoms with Crippen molar-refractivity contribution >= 4 is 29.5 Å². The molecule has 6 aliphatic rings. The van der Waals surface area contributed by atoms with Crippen LogP contribution < -0.4 is 21.3 Å². The molecular formula is C52H87N7O12S. The van der Waals surface area contributed by atoms with E-state index in [0.29, 0.717) is 53.3 Å². The van der Waals surface area contributed by atoms with Gasteiger partial charge in [-0.15, -0.1) is 11.8 Å². The number of nitrogens with zero attached hydrogens (tertiary/aromatic N) is 3. The van der Waals surface area contributed by atoms with Gasteiger partial charge in [-0.2, -0.15) is 0 Å². The third-order valence-electron chi connectivity index (χ3n) is 12.2. The first kappa shape index (κ1) is 60.8. The van der Waals surface area contributed by atoms with Crippen LogP contribution in [0.15, 0.2) is 72.5 Å². The van der Waals surface area contributed by atoms with Crippen LogP contribution in [0.3, 0.4) is 0 Å². The van der Waals surface area contributed by atoms with Crippen molar-refractivity contribution in [2.24, 2.45) is 5.92 Å². The van der Waals surface area contributed by atoms with Crippen molar-refractivity contribution in [2.45, 2.75) is 219 Å². The Morgan fingerprint density at radius 2 is 1.04 bits per heavy atom. The highest BCUT2D eigenvalue weighted by atomic mass is 32.2. The molecule has 0 saturated carbocycles. The minimum Gasteiger partial charge on any atom is -0.387 e. The molecule has 0 bridgehead atoms. The summed E-state index contributed by atoms with van der Waals surface area (Å²) in [7, 11) is 0. The van der Waals surface area contributed by atoms with Crippen LogP contribution >= 0.6 is 11.8 Å². The van der Waals surface area contributed by atoms with Crippen LogP contribution in [0.1, 0.15) is 117 Å². The molecule has 0 aromatic rings. The zero-order chi connectivity index (χ0) is 54.0. The fraction of sp³-hybridized carbons (Fsp3) is 0.712. The van der Waals surface area contributed by atoms with Crippen LogP contribution in [0.2, 0.25) is 0 Å². The largest absolute Gasteiger partial charge is 0.387 e. The molecule has 0 spiro atoms. The van der Waals surface area contributed by atoms with Crippen molar-refractivity contribution in [3.63, 3.8) is 0 Å². The molecule has 3 amide bonds. The van der Waals surface area contributed by atoms with Gasteiger partial charge in [0, 0.05) is 41.4 Å². The lowest BCUT2D eigenvalue weighted by Crippen LogP contribution is -2.52. The van der Waals surface area contributed by atoms with Gasteiger partial charge >= 0.3 is 0 Å². The van der Waals surface area contributed by atoms with Crippen LogP contribution in [0.25, 0.3) is 0 Å². The second-order valence-electron chi connectivity index (χ2n) is 20.9. The summed E-state index contributed by atoms with van der Waals surface area (Å²) in [6.07, 6.45) is 2.29. The van der Waals surface area contributed by atoms with E-state index in [1.165, 1.54) is 0 Å². The number of carbonyl (C=O) groups excluding carboxylic acids is 3. The zero-order valence-corrected chi connectivity index (χ0v) is 46.2. The number of ether oxygens (including phenoxy) is 6. The van der Waals surface area contributed by atoms with E-state index in [4.69, 9.17) is 28.4 Å². The van der Waals surface area contributed by atoms with Gasteiger partial charge in [0.2, 0.25) is 0 Å². The summed E-state index contributed by atoms with van der Waals surface area (Å²) in [5.74, 6) is 1.27. The predicted molar refractivity (Wildman–Crippen MR) is 277 cm³/mol. The maximum atomic E-state index is 11.7. The Balaban J connectivity index is 0.000000234. The van der Waals surface area contributed by atoms with E-state index < -0.39 is 36.9 Å². The van der Waals surface area contributed by atoms with Crippen LogP contribution in [0.5, 0.6) is 0 Å². The van der Waals surface area contributed by atoms with Gasteiger partial charge < -0.3 is 79.7 Å². The summed E-state index contributed by atoms with van der Waals surface area (Å²) < 4.78 is 35.5. The van der Waals surface area contributed by atoms with Crippen molar-refractivity contribution in [1.82, 2.24) is 36.0 Å². The molecule has 6 heterocycles. The second kappa shape index (κ2) is 27.1. The van der Waals surface area contributed by atoms with Crippen molar-refractivity contribution in [3.8, 4) is 0 Å². The molecule has 408 valence electrons. The molecule has 0 aromatic carbocycles. The molecule has 0 radical (unpaired) electrons. The molecule has 6 rings (SSSR count). The van der Waals surface area contributed by atoms with Gasteiger partial charge in [0.05, 0.1) is 55.0 Å². The predicted octanol–water partition coefficient (Wildman–Crippen LogP) is 4.59. The maximum absolute atomic E-state index is 11.7. The minimum absolute atomic E-state index is 0.00455. The fourth-order valence-corrected chi connectivity index (χ4v) is 10.1. The van der Waals surface area contributed by atoms with Crippen LogP contribution in [0.4, 0.5) is 0 Å². The Hall–Kier alpha value is -3.80. The Morgan fingerprint density at radius 3 is 1.50 bits per heavy atom. The van der Waals surface area contributed by atoms with Crippen LogP contribution in [-0.4, -0.2) is 163 Å². The van der Waals surface area contributed by atoms with Crippen LogP contribution in [-0.2, 0) is 42.8 Å². The average molecular weight is 1030 g/mol. The zero-order valence-electron chi connectivity index (χ0n) is 45.3. The molecule has 12 atom stereocenters. The Kier molecular flexibility index (Phi) is 22.9. The lowest BCUT2D eigenvalue weighted by Gasteiger charge is -2.34. The van der Waals surface area contributed by atoms with Gasteiger partial charge in [-0.3, -0.25) is 14.4 Å². The van der Waals surface area contributed by atoms with E-state index in [9.17, 15) is 29.7 Å². The van der Waals surface area contributed by atoms with E-state index in [-0.39, 0.29) is 83.2 Å². The standard InChI is InChI=1S/C18H30N2O4.C17H29N3O4.C17H28N2O4S/c1-10(2)7-8-14-16(23-11(3)4)15(21)18(24-14)20-9-12(5)17(22)19-13(20)6;1-9(2)18-14-13(8-23-10(3)4)24-17(15(14)21)20-7-11(5)16(22)19-12(20)6;1-9(2)22-8-13-15(23-10(3)4)14(20)17(24-13)19-7-11(5)16(21)18-12(19)6/h9-11,14-16,18,21H,6-8H2,1-5H3,(H,19,22);7,9-10,13-15,17-18,21H,6,8H2,1-5H3,(H,19,22);7,9-10,13-15,17,20H,6,8H2,1-5H3,(H,18,21)/t14-,15+,16?,18-;13-,14?,15+,17-;13-,14+,15?,17-/m111/s1. The summed E-state index contributed by atoms with van der Waals surface area (Å²) in [5.41, 5.74) is 1.66. The second-order valence-corrected chi connectivity index (χ2v) is 22.3. The number of amides is 3. The van der Waals surface area contributed by atoms with Crippen LogP contribution in [0, 0.1) is 5.92 Å². The number of aliphatic hydroxyl groups is 3. The summed E-state index contributed by atoms with van der Waals surface area (Å²) in [5, 5.41) is 43.6. The lowest BCUT2D eigenvalue weighted by atomic mass is 10.00. The number of hydrogen-bond acceptors (Lipinski definition) is 17. The van der Waals surface area contributed by atoms with E-state index >= 15 is 0 Å². The number of carbonyl (C=O) groups is 3. The van der Waals surface area contributed by atoms with Crippen molar-refractivity contribution < 1.29 is 58.1 Å². The SMILES string of the molecule is C=C1NC(=O)C(C)=CN1[C@@H]1O[C@H](CCC(C)C)C(OC(C)C)[C@@H]1O.C=C1NC(=O)C(C)=CN1[C@@H]1O[C@H](COC(C)C)C(NC(C)C)[C@@H]1O.C=C1NC(=O)C(C)=CN1[C@@H]1S[C@H](COC(C)C)C(OC(C)C)[C@@H]1O. The first-order valence-corrected chi connectivity index (χ1v) is 26.3. The molecule has 20 heteroatoms. The van der Waals surface area contributed by atoms with Crippen molar-refractivity contribution in [1.29, 1.82) is 0 Å². The Labute approximate surface area is 432 Å². The van der Waals surface area contributed by atoms with E-state index in [0.717, 1.165) is 12.8 Å². The van der Waals surface area contributed by atoms with E-state index in [1.54, 1.807) is 60.9 Å². The van der Waals surface area contributed by atoms with Gasteiger partial charge in [0.25, 0.3) is 17.7 Å². The topological polar surface area (TPSA) is 225 Å². The normalized spacial score (nSPS) is 31.0. The molecule has 6 aliphatic heterocycles. The summed E-state index contributed by atoms with van der Waals surface area (Å²) in [6, 6.07) is -0.0806. The number of thioether (sulfide) groups is 1. The number of rotatable bonds is 18. The maximum Gasteiger partial charge on any atom is 0.253 e. The van der Waals surface area contributed by atoms with Gasteiger partial charge in [0.15, 0.2) is 12.5 Å². The van der Waals surface area contributed by atoms with Gasteiger partial charge in [-0.05, 0) is 94.9 Å². The molecule has 72 heavy (non-hydrogen) atoms. The highest BCUT2D eigenvalue weighted by molar-refractivity contribution is 8.00. The molecule has 0 aromatic heterocycles. The number of aliphatic hydroxyl groups excluding tert-OH is 3. The minimum atomic E-state index is -0.819. The molecule has 3 unspecified atom stereocenters. The summed E-state index contributed by atoms with van der Waals surface area (Å²) in [4.78, 5) is 40.3. The molecular weight excluding hydrogens is 947 g/mol. The van der Waals surface area contributed by atoms with E-state index in [1.807, 2.05) is 74.1 Å². The number of nitrogens with one attached hydrogen (secondary N) is 4. The third kappa shape index (κ3) is 16.3. The lowest BCUT2D eigenvalue weighted by molar-refractivity contribution is -0.120. The third-order valence-corrected chi connectivity index (χ3v) is 13.7. The molecule has 3 saturated heterocycles. The summed E-state index contributed by atoms with van der Waals surface area (Å²) in [6.45, 7) is 41.7. The smallest absolute Gasteiger partial charge is 0.253 e. The Morgan fingerprint density at radius 1 is 0.611 bits per heavy atom. The highest BCUT2D eigenvalue weighted by Gasteiger charge is 2.50. The first-order chi connectivity index (χ1) is 33.6. The van der Waals surface area contributed by atoms with Gasteiger partial charge in [-0.25, -0.2) is 0 Å². The molecule has 0 aliphatic carbocycles. The highest BCUT2D eigenvalue weighted by Crippen LogP contribution is 2.41.